The number of likely N-dealkylation sites (N-methyl/N-ethyl adjacent to an activating group) is 1. The van der Waals surface area contributed by atoms with Crippen LogP contribution in [0.2, 0.25) is 0 Å². The normalized spacial score (nSPS) is 16.3. The van der Waals surface area contributed by atoms with E-state index in [0.29, 0.717) is 18.3 Å². The number of nitrogens with zero attached hydrogens (tertiary/aromatic N) is 4. The lowest BCUT2D eigenvalue weighted by molar-refractivity contribution is 0.0803. The zero-order chi connectivity index (χ0) is 13.8. The number of piperidine rings is 1. The minimum absolute atomic E-state index is 0.0995. The van der Waals surface area contributed by atoms with Gasteiger partial charge in [-0.2, -0.15) is 0 Å². The summed E-state index contributed by atoms with van der Waals surface area (Å²) in [6.07, 6.45) is 3.76. The van der Waals surface area contributed by atoms with Crippen molar-refractivity contribution in [3.63, 3.8) is 0 Å². The first-order chi connectivity index (χ1) is 9.15. The number of hydrogen-bond donors (Lipinski definition) is 1. The lowest BCUT2D eigenvalue weighted by Crippen LogP contribution is -2.31. The zero-order valence-corrected chi connectivity index (χ0v) is 11.6. The first kappa shape index (κ1) is 13.7. The second-order valence-corrected chi connectivity index (χ2v) is 4.92. The van der Waals surface area contributed by atoms with Gasteiger partial charge < -0.3 is 10.2 Å². The number of amides is 1. The van der Waals surface area contributed by atoms with Crippen molar-refractivity contribution in [2.24, 2.45) is 0 Å². The van der Waals surface area contributed by atoms with Gasteiger partial charge in [0.2, 0.25) is 0 Å². The summed E-state index contributed by atoms with van der Waals surface area (Å²) in [5.74, 6) is -0.0995. The third-order valence-electron chi connectivity index (χ3n) is 3.53. The van der Waals surface area contributed by atoms with Gasteiger partial charge in [-0.15, -0.1) is 11.7 Å². The maximum Gasteiger partial charge on any atom is 0.276 e. The highest BCUT2D eigenvalue weighted by atomic mass is 16.2. The molecule has 1 N–H and O–H groups in total. The number of carbonyl (C=O) groups excluding carboxylic acids is 1. The molecule has 0 radical (unpaired) electrons. The van der Waals surface area contributed by atoms with E-state index in [-0.39, 0.29) is 5.91 Å². The molecule has 0 aliphatic carbocycles. The Balaban J connectivity index is 2.17. The molecular weight excluding hydrogens is 242 g/mol. The lowest BCUT2D eigenvalue weighted by Gasteiger charge is -2.23. The van der Waals surface area contributed by atoms with E-state index in [4.69, 9.17) is 0 Å². The number of carbonyl (C=O) groups is 1. The van der Waals surface area contributed by atoms with Crippen LogP contribution >= 0.6 is 0 Å². The minimum atomic E-state index is -0.0995. The van der Waals surface area contributed by atoms with Crippen LogP contribution in [0.5, 0.6) is 0 Å². The Kier molecular flexibility index (Phi) is 4.31. The standard InChI is InChI=1S/C13H21N5O/c1-4-9-17(3)13(19)12-10(2)18(16-15-12)11-5-7-14-8-6-11/h4,11,14H,1,5-9H2,2-3H3. The molecule has 104 valence electrons. The summed E-state index contributed by atoms with van der Waals surface area (Å²) in [5.41, 5.74) is 1.30. The van der Waals surface area contributed by atoms with Gasteiger partial charge in [-0.3, -0.25) is 4.79 Å². The van der Waals surface area contributed by atoms with Crippen molar-refractivity contribution in [2.45, 2.75) is 25.8 Å². The fraction of sp³-hybridized carbons (Fsp3) is 0.615. The van der Waals surface area contributed by atoms with Gasteiger partial charge >= 0.3 is 0 Å². The van der Waals surface area contributed by atoms with E-state index >= 15 is 0 Å². The van der Waals surface area contributed by atoms with E-state index in [0.717, 1.165) is 31.6 Å². The van der Waals surface area contributed by atoms with E-state index in [9.17, 15) is 4.79 Å². The van der Waals surface area contributed by atoms with Gasteiger partial charge in [-0.1, -0.05) is 11.3 Å². The maximum absolute atomic E-state index is 12.2. The van der Waals surface area contributed by atoms with E-state index in [2.05, 4.69) is 22.2 Å². The van der Waals surface area contributed by atoms with Crippen molar-refractivity contribution in [3.8, 4) is 0 Å². The molecule has 0 atom stereocenters. The molecule has 1 saturated heterocycles. The summed E-state index contributed by atoms with van der Waals surface area (Å²) in [4.78, 5) is 13.8. The number of nitrogens with one attached hydrogen (secondary N) is 1. The average molecular weight is 263 g/mol. The van der Waals surface area contributed by atoms with Crippen LogP contribution in [0.4, 0.5) is 0 Å². The molecule has 0 saturated carbocycles. The summed E-state index contributed by atoms with van der Waals surface area (Å²) in [6.45, 7) is 8.04. The smallest absolute Gasteiger partial charge is 0.276 e. The van der Waals surface area contributed by atoms with Crippen LogP contribution in [-0.4, -0.2) is 52.5 Å². The molecule has 1 aliphatic heterocycles. The molecule has 1 aromatic heterocycles. The maximum atomic E-state index is 12.2. The lowest BCUT2D eigenvalue weighted by atomic mass is 10.1. The Labute approximate surface area is 113 Å². The number of aromatic nitrogens is 3. The fourth-order valence-corrected chi connectivity index (χ4v) is 2.39. The SMILES string of the molecule is C=CCN(C)C(=O)c1nnn(C2CCNCC2)c1C. The Morgan fingerprint density at radius 2 is 2.26 bits per heavy atom. The molecule has 1 aliphatic rings. The van der Waals surface area contributed by atoms with Gasteiger partial charge in [0, 0.05) is 13.6 Å². The van der Waals surface area contributed by atoms with Gasteiger partial charge in [0.15, 0.2) is 5.69 Å². The molecule has 6 heteroatoms. The van der Waals surface area contributed by atoms with E-state index < -0.39 is 0 Å². The number of hydrogen-bond acceptors (Lipinski definition) is 4. The molecule has 2 heterocycles. The quantitative estimate of drug-likeness (QED) is 0.815. The van der Waals surface area contributed by atoms with Gasteiger partial charge in [-0.05, 0) is 32.9 Å². The van der Waals surface area contributed by atoms with Gasteiger partial charge in [-0.25, -0.2) is 4.68 Å². The second kappa shape index (κ2) is 5.97. The van der Waals surface area contributed by atoms with Gasteiger partial charge in [0.25, 0.3) is 5.91 Å². The number of rotatable bonds is 4. The molecule has 1 amide bonds. The highest BCUT2D eigenvalue weighted by molar-refractivity contribution is 5.93. The third kappa shape index (κ3) is 2.84. The largest absolute Gasteiger partial charge is 0.337 e. The molecular formula is C13H21N5O. The van der Waals surface area contributed by atoms with Crippen LogP contribution in [0.25, 0.3) is 0 Å². The van der Waals surface area contributed by atoms with Crippen molar-refractivity contribution >= 4 is 5.91 Å². The van der Waals surface area contributed by atoms with Crippen molar-refractivity contribution < 1.29 is 4.79 Å². The van der Waals surface area contributed by atoms with Crippen LogP contribution in [0.1, 0.15) is 35.1 Å². The molecule has 2 rings (SSSR count). The van der Waals surface area contributed by atoms with Crippen LogP contribution in [0.3, 0.4) is 0 Å². The Morgan fingerprint density at radius 1 is 1.58 bits per heavy atom. The summed E-state index contributed by atoms with van der Waals surface area (Å²) in [7, 11) is 1.74. The molecule has 19 heavy (non-hydrogen) atoms. The zero-order valence-electron chi connectivity index (χ0n) is 11.6. The molecule has 1 fully saturated rings. The highest BCUT2D eigenvalue weighted by Gasteiger charge is 2.24. The van der Waals surface area contributed by atoms with E-state index in [1.165, 1.54) is 0 Å². The first-order valence-electron chi connectivity index (χ1n) is 6.64. The van der Waals surface area contributed by atoms with Crippen LogP contribution in [-0.2, 0) is 0 Å². The summed E-state index contributed by atoms with van der Waals surface area (Å²) in [6, 6.07) is 0.347. The van der Waals surface area contributed by atoms with Crippen molar-refractivity contribution in [1.82, 2.24) is 25.2 Å². The van der Waals surface area contributed by atoms with Gasteiger partial charge in [0.1, 0.15) is 0 Å². The summed E-state index contributed by atoms with van der Waals surface area (Å²) in [5, 5.41) is 11.6. The molecule has 1 aromatic rings. The minimum Gasteiger partial charge on any atom is -0.337 e. The van der Waals surface area contributed by atoms with Crippen molar-refractivity contribution in [1.29, 1.82) is 0 Å². The molecule has 0 unspecified atom stereocenters. The Morgan fingerprint density at radius 3 is 2.89 bits per heavy atom. The second-order valence-electron chi connectivity index (χ2n) is 4.92. The molecule has 6 nitrogen and oxygen atoms in total. The van der Waals surface area contributed by atoms with Crippen LogP contribution in [0, 0.1) is 6.92 Å². The van der Waals surface area contributed by atoms with Crippen LogP contribution in [0.15, 0.2) is 12.7 Å². The molecule has 0 aromatic carbocycles. The predicted molar refractivity (Wildman–Crippen MR) is 73.1 cm³/mol. The van der Waals surface area contributed by atoms with Crippen LogP contribution < -0.4 is 5.32 Å². The van der Waals surface area contributed by atoms with Crippen molar-refractivity contribution in [2.75, 3.05) is 26.7 Å². The summed E-state index contributed by atoms with van der Waals surface area (Å²) >= 11 is 0. The summed E-state index contributed by atoms with van der Waals surface area (Å²) < 4.78 is 1.90. The Hall–Kier alpha value is -1.69. The highest BCUT2D eigenvalue weighted by Crippen LogP contribution is 2.20. The van der Waals surface area contributed by atoms with Gasteiger partial charge in [0.05, 0.1) is 11.7 Å². The average Bonchev–Trinajstić information content (AvgIpc) is 2.81. The fourth-order valence-electron chi connectivity index (χ4n) is 2.39. The Bertz CT molecular complexity index is 462. The first-order valence-corrected chi connectivity index (χ1v) is 6.64. The topological polar surface area (TPSA) is 63.1 Å². The third-order valence-corrected chi connectivity index (χ3v) is 3.53. The molecule has 0 spiro atoms. The van der Waals surface area contributed by atoms with Crippen molar-refractivity contribution in [3.05, 3.63) is 24.0 Å². The predicted octanol–water partition coefficient (Wildman–Crippen LogP) is 0.769. The van der Waals surface area contributed by atoms with E-state index in [1.54, 1.807) is 18.0 Å². The molecule has 0 bridgehead atoms. The van der Waals surface area contributed by atoms with E-state index in [1.807, 2.05) is 11.6 Å². The monoisotopic (exact) mass is 263 g/mol.